The first-order chi connectivity index (χ1) is 12.4. The van der Waals surface area contributed by atoms with Crippen molar-refractivity contribution in [1.29, 1.82) is 0 Å². The Bertz CT molecular complexity index is 767. The first kappa shape index (κ1) is 20.2. The van der Waals surface area contributed by atoms with Gasteiger partial charge in [-0.1, -0.05) is 67.4 Å². The van der Waals surface area contributed by atoms with Crippen LogP contribution in [0.2, 0.25) is 10.2 Å². The van der Waals surface area contributed by atoms with Crippen LogP contribution < -0.4 is 5.32 Å². The Labute approximate surface area is 162 Å². The average Bonchev–Trinajstić information content (AvgIpc) is 2.62. The number of rotatable bonds is 7. The molecule has 0 aliphatic carbocycles. The maximum Gasteiger partial charge on any atom is 0.340 e. The lowest BCUT2D eigenvalue weighted by atomic mass is 9.97. The van der Waals surface area contributed by atoms with Gasteiger partial charge in [0.15, 0.2) is 6.61 Å². The number of pyridine rings is 1. The summed E-state index contributed by atoms with van der Waals surface area (Å²) in [6, 6.07) is 10.9. The number of nitrogens with one attached hydrogen (secondary N) is 1. The molecular formula is C19H20Cl2N2O3. The fourth-order valence-corrected chi connectivity index (χ4v) is 2.69. The minimum absolute atomic E-state index is 0.0975. The van der Waals surface area contributed by atoms with Gasteiger partial charge in [0.25, 0.3) is 5.91 Å². The van der Waals surface area contributed by atoms with Gasteiger partial charge in [-0.3, -0.25) is 4.79 Å². The fraction of sp³-hybridized carbons (Fsp3) is 0.316. The molecule has 0 saturated heterocycles. The molecule has 138 valence electrons. The average molecular weight is 395 g/mol. The highest BCUT2D eigenvalue weighted by Crippen LogP contribution is 2.21. The number of hydrogen-bond donors (Lipinski definition) is 1. The zero-order valence-corrected chi connectivity index (χ0v) is 16.1. The number of esters is 1. The van der Waals surface area contributed by atoms with Gasteiger partial charge in [0, 0.05) is 6.20 Å². The van der Waals surface area contributed by atoms with Crippen LogP contribution in [-0.4, -0.2) is 23.5 Å². The number of carbonyl (C=O) groups excluding carboxylic acids is 2. The van der Waals surface area contributed by atoms with Crippen molar-refractivity contribution in [2.45, 2.75) is 26.3 Å². The summed E-state index contributed by atoms with van der Waals surface area (Å²) in [5.74, 6) is -0.669. The number of hydrogen-bond acceptors (Lipinski definition) is 4. The van der Waals surface area contributed by atoms with E-state index >= 15 is 0 Å². The van der Waals surface area contributed by atoms with Crippen molar-refractivity contribution >= 4 is 35.1 Å². The summed E-state index contributed by atoms with van der Waals surface area (Å²) in [7, 11) is 0. The van der Waals surface area contributed by atoms with Crippen molar-refractivity contribution in [3.63, 3.8) is 0 Å². The van der Waals surface area contributed by atoms with E-state index in [0.29, 0.717) is 5.92 Å². The Kier molecular flexibility index (Phi) is 7.42. The second kappa shape index (κ2) is 9.55. The summed E-state index contributed by atoms with van der Waals surface area (Å²) in [6.45, 7) is 3.78. The fourth-order valence-electron chi connectivity index (χ4n) is 2.42. The van der Waals surface area contributed by atoms with Gasteiger partial charge < -0.3 is 10.1 Å². The van der Waals surface area contributed by atoms with E-state index in [1.54, 1.807) is 0 Å². The third kappa shape index (κ3) is 6.00. The summed E-state index contributed by atoms with van der Waals surface area (Å²) in [5.41, 5.74) is 1.14. The number of amides is 1. The summed E-state index contributed by atoms with van der Waals surface area (Å²) >= 11 is 11.5. The van der Waals surface area contributed by atoms with Gasteiger partial charge in [-0.25, -0.2) is 9.78 Å². The first-order valence-electron chi connectivity index (χ1n) is 8.19. The molecule has 0 saturated carbocycles. The van der Waals surface area contributed by atoms with Crippen molar-refractivity contribution in [2.24, 2.45) is 5.92 Å². The van der Waals surface area contributed by atoms with Gasteiger partial charge in [-0.15, -0.1) is 0 Å². The smallest absolute Gasteiger partial charge is 0.340 e. The predicted molar refractivity (Wildman–Crippen MR) is 101 cm³/mol. The predicted octanol–water partition coefficient (Wildman–Crippen LogP) is 4.45. The van der Waals surface area contributed by atoms with Gasteiger partial charge in [-0.2, -0.15) is 0 Å². The van der Waals surface area contributed by atoms with Gasteiger partial charge in [-0.05, 0) is 24.0 Å². The van der Waals surface area contributed by atoms with E-state index in [1.807, 2.05) is 30.3 Å². The quantitative estimate of drug-likeness (QED) is 0.556. The number of halogens is 2. The summed E-state index contributed by atoms with van der Waals surface area (Å²) in [5, 5.41) is 3.16. The topological polar surface area (TPSA) is 68.3 Å². The molecule has 0 fully saturated rings. The second-order valence-electron chi connectivity index (χ2n) is 6.23. The van der Waals surface area contributed by atoms with Crippen molar-refractivity contribution < 1.29 is 14.3 Å². The molecule has 2 rings (SSSR count). The molecule has 5 nitrogen and oxygen atoms in total. The SMILES string of the molecule is CC(C)C[C@H](NC(=O)COC(=O)c1cnc(Cl)c(Cl)c1)c1ccccc1. The third-order valence-corrected chi connectivity index (χ3v) is 4.30. The van der Waals surface area contributed by atoms with Crippen molar-refractivity contribution in [3.8, 4) is 0 Å². The van der Waals surface area contributed by atoms with Gasteiger partial charge in [0.05, 0.1) is 16.6 Å². The zero-order valence-electron chi connectivity index (χ0n) is 14.5. The van der Waals surface area contributed by atoms with Crippen LogP contribution in [0, 0.1) is 5.92 Å². The molecule has 0 bridgehead atoms. The van der Waals surface area contributed by atoms with Crippen LogP contribution in [0.1, 0.15) is 42.2 Å². The van der Waals surface area contributed by atoms with Crippen molar-refractivity contribution in [2.75, 3.05) is 6.61 Å². The van der Waals surface area contributed by atoms with E-state index in [0.717, 1.165) is 12.0 Å². The van der Waals surface area contributed by atoms with Crippen LogP contribution in [0.4, 0.5) is 0 Å². The Morgan fingerprint density at radius 3 is 2.50 bits per heavy atom. The lowest BCUT2D eigenvalue weighted by Gasteiger charge is -2.21. The number of ether oxygens (including phenoxy) is 1. The molecule has 1 heterocycles. The second-order valence-corrected chi connectivity index (χ2v) is 7.00. The van der Waals surface area contributed by atoms with E-state index in [-0.39, 0.29) is 34.3 Å². The van der Waals surface area contributed by atoms with E-state index in [1.165, 1.54) is 12.3 Å². The molecule has 1 aromatic heterocycles. The lowest BCUT2D eigenvalue weighted by Crippen LogP contribution is -2.33. The van der Waals surface area contributed by atoms with Crippen molar-refractivity contribution in [3.05, 3.63) is 63.9 Å². The molecule has 1 atom stereocenters. The largest absolute Gasteiger partial charge is 0.452 e. The monoisotopic (exact) mass is 394 g/mol. The Hall–Kier alpha value is -2.11. The Balaban J connectivity index is 1.95. The summed E-state index contributed by atoms with van der Waals surface area (Å²) in [6.07, 6.45) is 2.03. The van der Waals surface area contributed by atoms with Crippen LogP contribution in [-0.2, 0) is 9.53 Å². The molecule has 2 aromatic rings. The molecular weight excluding hydrogens is 375 g/mol. The number of benzene rings is 1. The highest BCUT2D eigenvalue weighted by Gasteiger charge is 2.18. The van der Waals surface area contributed by atoms with E-state index in [2.05, 4.69) is 24.1 Å². The molecule has 0 aliphatic heterocycles. The molecule has 0 spiro atoms. The minimum atomic E-state index is -0.689. The molecule has 26 heavy (non-hydrogen) atoms. The standard InChI is InChI=1S/C19H20Cl2N2O3/c1-12(2)8-16(13-6-4-3-5-7-13)23-17(24)11-26-19(25)14-9-15(20)18(21)22-10-14/h3-7,9-10,12,16H,8,11H2,1-2H3,(H,23,24)/t16-/m0/s1. The van der Waals surface area contributed by atoms with Gasteiger partial charge >= 0.3 is 5.97 Å². The maximum atomic E-state index is 12.2. The van der Waals surface area contributed by atoms with E-state index in [9.17, 15) is 9.59 Å². The van der Waals surface area contributed by atoms with Crippen molar-refractivity contribution in [1.82, 2.24) is 10.3 Å². The highest BCUT2D eigenvalue weighted by molar-refractivity contribution is 6.41. The minimum Gasteiger partial charge on any atom is -0.452 e. The van der Waals surface area contributed by atoms with Crippen LogP contribution >= 0.6 is 23.2 Å². The Morgan fingerprint density at radius 1 is 1.19 bits per heavy atom. The van der Waals surface area contributed by atoms with Gasteiger partial charge in [0.2, 0.25) is 0 Å². The highest BCUT2D eigenvalue weighted by atomic mass is 35.5. The van der Waals surface area contributed by atoms with Crippen LogP contribution in [0.5, 0.6) is 0 Å². The molecule has 1 aromatic carbocycles. The first-order valence-corrected chi connectivity index (χ1v) is 8.95. The van der Waals surface area contributed by atoms with Crippen LogP contribution in [0.25, 0.3) is 0 Å². The number of aromatic nitrogens is 1. The molecule has 7 heteroatoms. The summed E-state index contributed by atoms with van der Waals surface area (Å²) < 4.78 is 5.03. The van der Waals surface area contributed by atoms with E-state index < -0.39 is 5.97 Å². The summed E-state index contributed by atoms with van der Waals surface area (Å²) in [4.78, 5) is 28.0. The molecule has 1 N–H and O–H groups in total. The van der Waals surface area contributed by atoms with Crippen LogP contribution in [0.15, 0.2) is 42.6 Å². The molecule has 0 unspecified atom stereocenters. The van der Waals surface area contributed by atoms with Crippen LogP contribution in [0.3, 0.4) is 0 Å². The lowest BCUT2D eigenvalue weighted by molar-refractivity contribution is -0.125. The third-order valence-electron chi connectivity index (χ3n) is 3.61. The number of nitrogens with zero attached hydrogens (tertiary/aromatic N) is 1. The zero-order chi connectivity index (χ0) is 19.1. The van der Waals surface area contributed by atoms with Gasteiger partial charge in [0.1, 0.15) is 5.15 Å². The maximum absolute atomic E-state index is 12.2. The normalized spacial score (nSPS) is 11.9. The molecule has 0 aliphatic rings. The Morgan fingerprint density at radius 2 is 1.88 bits per heavy atom. The number of carbonyl (C=O) groups is 2. The van der Waals surface area contributed by atoms with E-state index in [4.69, 9.17) is 27.9 Å². The molecule has 0 radical (unpaired) electrons. The molecule has 1 amide bonds.